The van der Waals surface area contributed by atoms with E-state index in [1.807, 2.05) is 0 Å². The van der Waals surface area contributed by atoms with Crippen LogP contribution in [0.15, 0.2) is 4.34 Å². The number of aromatic nitrogens is 2. The fraction of sp³-hybridized carbons (Fsp3) is 0.857. The van der Waals surface area contributed by atoms with E-state index in [1.54, 1.807) is 0 Å². The number of hydrogen-bond donors (Lipinski definition) is 2. The van der Waals surface area contributed by atoms with E-state index in [9.17, 15) is 18.0 Å². The van der Waals surface area contributed by atoms with Gasteiger partial charge < -0.3 is 10.1 Å². The Balaban J connectivity index is 1.18. The van der Waals surface area contributed by atoms with Gasteiger partial charge in [0, 0.05) is 13.3 Å². The van der Waals surface area contributed by atoms with Gasteiger partial charge in [-0.1, -0.05) is 32.1 Å². The Morgan fingerprint density at radius 3 is 2.49 bits per heavy atom. The molecule has 0 saturated heterocycles. The van der Waals surface area contributed by atoms with E-state index in [0.29, 0.717) is 35.0 Å². The highest BCUT2D eigenvalue weighted by Crippen LogP contribution is 2.68. The van der Waals surface area contributed by atoms with E-state index in [0.717, 1.165) is 48.4 Å². The van der Waals surface area contributed by atoms with Gasteiger partial charge in [0.2, 0.25) is 15.4 Å². The molecule has 4 fully saturated rings. The number of carbonyl (C=O) groups excluding carboxylic acids is 2. The highest BCUT2D eigenvalue weighted by Gasteiger charge is 2.60. The maximum atomic E-state index is 12.6. The van der Waals surface area contributed by atoms with Gasteiger partial charge in [-0.3, -0.25) is 9.59 Å². The fourth-order valence-corrected chi connectivity index (χ4v) is 11.0. The minimum atomic E-state index is -3.92. The number of ether oxygens (including phenoxy) is 1. The molecule has 218 valence electrons. The summed E-state index contributed by atoms with van der Waals surface area (Å²) in [6, 6.07) is 0. The molecule has 1 heterocycles. The lowest BCUT2D eigenvalue weighted by atomic mass is 9.44. The number of amides is 1. The van der Waals surface area contributed by atoms with Crippen LogP contribution in [0.3, 0.4) is 0 Å². The number of esters is 1. The van der Waals surface area contributed by atoms with Crippen LogP contribution in [0.1, 0.15) is 98.3 Å². The molecule has 9 atom stereocenters. The van der Waals surface area contributed by atoms with Gasteiger partial charge in [-0.2, -0.15) is 0 Å². The molecule has 1 aromatic heterocycles. The second kappa shape index (κ2) is 10.7. The van der Waals surface area contributed by atoms with Gasteiger partial charge in [0.25, 0.3) is 10.0 Å². The Morgan fingerprint density at radius 2 is 1.79 bits per heavy atom. The number of hydrogen-bond acceptors (Lipinski definition) is 8. The number of anilines is 1. The number of sulfonamides is 1. The van der Waals surface area contributed by atoms with Crippen molar-refractivity contribution in [1.29, 1.82) is 0 Å². The summed E-state index contributed by atoms with van der Waals surface area (Å²) in [7, 11) is -3.92. The molecule has 0 aromatic carbocycles. The Hall–Kier alpha value is -1.59. The minimum absolute atomic E-state index is 0.0995. The van der Waals surface area contributed by atoms with Gasteiger partial charge in [-0.25, -0.2) is 13.6 Å². The first-order valence-corrected chi connectivity index (χ1v) is 17.0. The van der Waals surface area contributed by atoms with Gasteiger partial charge in [0.1, 0.15) is 6.10 Å². The van der Waals surface area contributed by atoms with Crippen LogP contribution in [0, 0.1) is 46.3 Å². The molecule has 1 amide bonds. The van der Waals surface area contributed by atoms with Crippen LogP contribution in [-0.4, -0.2) is 36.6 Å². The third kappa shape index (κ3) is 5.52. The van der Waals surface area contributed by atoms with Crippen LogP contribution in [0.25, 0.3) is 0 Å². The average molecular weight is 581 g/mol. The summed E-state index contributed by atoms with van der Waals surface area (Å²) in [5.74, 6) is 3.68. The zero-order chi connectivity index (χ0) is 28.2. The van der Waals surface area contributed by atoms with Crippen molar-refractivity contribution < 1.29 is 22.7 Å². The van der Waals surface area contributed by atoms with Gasteiger partial charge in [-0.05, 0) is 111 Å². The van der Waals surface area contributed by atoms with Crippen molar-refractivity contribution in [3.63, 3.8) is 0 Å². The number of nitrogens with one attached hydrogen (secondary N) is 1. The molecule has 0 bridgehead atoms. The number of nitrogens with two attached hydrogens (primary N) is 1. The summed E-state index contributed by atoms with van der Waals surface area (Å²) in [5, 5.41) is 15.2. The molecule has 4 saturated carbocycles. The summed E-state index contributed by atoms with van der Waals surface area (Å²) in [6.45, 7) is 8.90. The topological polar surface area (TPSA) is 141 Å². The maximum Gasteiger partial charge on any atom is 0.302 e. The van der Waals surface area contributed by atoms with Gasteiger partial charge >= 0.3 is 5.97 Å². The predicted molar refractivity (Wildman–Crippen MR) is 149 cm³/mol. The molecule has 3 N–H and O–H groups in total. The second-order valence-corrected chi connectivity index (χ2v) is 16.1. The van der Waals surface area contributed by atoms with E-state index < -0.39 is 10.0 Å². The highest BCUT2D eigenvalue weighted by atomic mass is 32.2. The maximum absolute atomic E-state index is 12.6. The SMILES string of the molecule is CC(=O)O[C@@H]1CC[C@]2(C)C3CC[C@@]4(C)C(CC[C@@H]4[C@H](C)CCC(=O)Nc4nnc(S(N)(=O)=O)s4)C3CC[C@@H]2C1. The van der Waals surface area contributed by atoms with Crippen LogP contribution in [0.5, 0.6) is 0 Å². The van der Waals surface area contributed by atoms with Crippen LogP contribution in [-0.2, 0) is 24.3 Å². The van der Waals surface area contributed by atoms with Crippen molar-refractivity contribution in [2.24, 2.45) is 51.5 Å². The second-order valence-electron chi connectivity index (χ2n) is 13.4. The summed E-state index contributed by atoms with van der Waals surface area (Å²) in [4.78, 5) is 24.2. The van der Waals surface area contributed by atoms with E-state index in [1.165, 1.54) is 51.9 Å². The largest absolute Gasteiger partial charge is 0.463 e. The van der Waals surface area contributed by atoms with Crippen LogP contribution < -0.4 is 10.5 Å². The molecule has 39 heavy (non-hydrogen) atoms. The van der Waals surface area contributed by atoms with E-state index >= 15 is 0 Å². The summed E-state index contributed by atoms with van der Waals surface area (Å²) in [5.41, 5.74) is 0.676. The van der Waals surface area contributed by atoms with Crippen molar-refractivity contribution in [1.82, 2.24) is 10.2 Å². The third-order valence-corrected chi connectivity index (χ3v) is 13.6. The van der Waals surface area contributed by atoms with Crippen LogP contribution in [0.4, 0.5) is 5.13 Å². The van der Waals surface area contributed by atoms with Crippen LogP contribution >= 0.6 is 11.3 Å². The number of primary sulfonamides is 1. The zero-order valence-electron chi connectivity index (χ0n) is 23.6. The quantitative estimate of drug-likeness (QED) is 0.336. The number of carbonyl (C=O) groups is 2. The minimum Gasteiger partial charge on any atom is -0.463 e. The number of nitrogens with zero attached hydrogens (tertiary/aromatic N) is 2. The normalized spacial score (nSPS) is 38.7. The summed E-state index contributed by atoms with van der Waals surface area (Å²) in [6.07, 6.45) is 12.1. The lowest BCUT2D eigenvalue weighted by Gasteiger charge is -2.61. The Labute approximate surface area is 236 Å². The molecule has 4 aliphatic rings. The van der Waals surface area contributed by atoms with Crippen molar-refractivity contribution in [2.45, 2.75) is 109 Å². The van der Waals surface area contributed by atoms with Crippen molar-refractivity contribution in [2.75, 3.05) is 5.32 Å². The van der Waals surface area contributed by atoms with E-state index in [4.69, 9.17) is 9.88 Å². The van der Waals surface area contributed by atoms with Gasteiger partial charge in [0.15, 0.2) is 0 Å². The zero-order valence-corrected chi connectivity index (χ0v) is 25.3. The molecule has 1 aromatic rings. The monoisotopic (exact) mass is 580 g/mol. The van der Waals surface area contributed by atoms with Crippen molar-refractivity contribution >= 4 is 38.4 Å². The number of fused-ring (bicyclic) bond motifs is 5. The molecule has 0 radical (unpaired) electrons. The Morgan fingerprint density at radius 1 is 1.08 bits per heavy atom. The average Bonchev–Trinajstić information content (AvgIpc) is 3.46. The molecule has 0 aliphatic heterocycles. The smallest absolute Gasteiger partial charge is 0.302 e. The number of rotatable bonds is 7. The Kier molecular flexibility index (Phi) is 7.91. The molecule has 3 unspecified atom stereocenters. The lowest BCUT2D eigenvalue weighted by molar-refractivity contribution is -0.160. The first kappa shape index (κ1) is 28.9. The first-order chi connectivity index (χ1) is 18.3. The highest BCUT2D eigenvalue weighted by molar-refractivity contribution is 7.91. The summed E-state index contributed by atoms with van der Waals surface area (Å²) >= 11 is 0.773. The van der Waals surface area contributed by atoms with Crippen molar-refractivity contribution in [3.05, 3.63) is 0 Å². The molecule has 5 rings (SSSR count). The van der Waals surface area contributed by atoms with E-state index in [2.05, 4.69) is 36.3 Å². The summed E-state index contributed by atoms with van der Waals surface area (Å²) < 4.78 is 28.2. The van der Waals surface area contributed by atoms with Gasteiger partial charge in [0.05, 0.1) is 0 Å². The molecule has 9 nitrogen and oxygen atoms in total. The first-order valence-electron chi connectivity index (χ1n) is 14.6. The molecule has 4 aliphatic carbocycles. The van der Waals surface area contributed by atoms with Crippen LogP contribution in [0.2, 0.25) is 0 Å². The molecular weight excluding hydrogens is 536 g/mol. The lowest BCUT2D eigenvalue weighted by Crippen LogP contribution is -2.54. The predicted octanol–water partition coefficient (Wildman–Crippen LogP) is 5.13. The standard InChI is InChI=1S/C28H44N4O5S2/c1-16(5-10-24(34)30-25-31-32-26(38-25)39(29,35)36)21-8-9-22-20-7-6-18-15-19(37-17(2)33)11-13-27(18,3)23(20)12-14-28(21,22)4/h16,18-23H,5-15H2,1-4H3,(H2,29,35,36)(H,30,31,34)/t16-,18-,19-,20?,21-,22?,23?,27+,28-/m1/s1. The Bertz CT molecular complexity index is 1200. The third-order valence-electron chi connectivity index (χ3n) is 11.4. The molecular formula is C28H44N4O5S2. The van der Waals surface area contributed by atoms with E-state index in [-0.39, 0.29) is 27.5 Å². The molecule has 0 spiro atoms. The van der Waals surface area contributed by atoms with Crippen molar-refractivity contribution in [3.8, 4) is 0 Å². The molecule has 11 heteroatoms. The fourth-order valence-electron chi connectivity index (χ4n) is 9.65. The van der Waals surface area contributed by atoms with Gasteiger partial charge in [-0.15, -0.1) is 10.2 Å².